The number of rotatable bonds is 3. The van der Waals surface area contributed by atoms with Gasteiger partial charge in [-0.15, -0.1) is 0 Å². The molecule has 0 atom stereocenters. The third kappa shape index (κ3) is 2.56. The van der Waals surface area contributed by atoms with Crippen molar-refractivity contribution in [2.45, 2.75) is 25.2 Å². The second-order valence-corrected chi connectivity index (χ2v) is 6.01. The molecule has 0 spiro atoms. The highest BCUT2D eigenvalue weighted by Crippen LogP contribution is 2.50. The summed E-state index contributed by atoms with van der Waals surface area (Å²) in [7, 11) is 0. The SMILES string of the molecule is CC1(c2ccccc2NC(=O)c2cccc(Cl)c2)CC1. The molecule has 0 saturated heterocycles. The fourth-order valence-corrected chi connectivity index (χ4v) is 2.59. The highest BCUT2D eigenvalue weighted by molar-refractivity contribution is 6.31. The quantitative estimate of drug-likeness (QED) is 0.874. The van der Waals surface area contributed by atoms with E-state index in [-0.39, 0.29) is 11.3 Å². The Morgan fingerprint density at radius 1 is 1.15 bits per heavy atom. The molecule has 1 saturated carbocycles. The Bertz CT molecular complexity index is 662. The first-order chi connectivity index (χ1) is 9.58. The van der Waals surface area contributed by atoms with E-state index >= 15 is 0 Å². The summed E-state index contributed by atoms with van der Waals surface area (Å²) >= 11 is 5.93. The van der Waals surface area contributed by atoms with Crippen LogP contribution in [0.5, 0.6) is 0 Å². The molecule has 2 nitrogen and oxygen atoms in total. The number of hydrogen-bond acceptors (Lipinski definition) is 1. The van der Waals surface area contributed by atoms with Crippen LogP contribution in [0.2, 0.25) is 5.02 Å². The van der Waals surface area contributed by atoms with Gasteiger partial charge in [-0.3, -0.25) is 4.79 Å². The van der Waals surface area contributed by atoms with E-state index in [0.717, 1.165) is 5.69 Å². The van der Waals surface area contributed by atoms with Crippen molar-refractivity contribution >= 4 is 23.2 Å². The Hall–Kier alpha value is -1.80. The maximum atomic E-state index is 12.3. The Kier molecular flexibility index (Phi) is 3.27. The fraction of sp³-hybridized carbons (Fsp3) is 0.235. The summed E-state index contributed by atoms with van der Waals surface area (Å²) in [5.74, 6) is -0.121. The summed E-state index contributed by atoms with van der Waals surface area (Å²) in [5.41, 5.74) is 2.92. The number of anilines is 1. The van der Waals surface area contributed by atoms with Crippen molar-refractivity contribution in [2.24, 2.45) is 0 Å². The third-order valence-electron chi connectivity index (χ3n) is 3.91. The van der Waals surface area contributed by atoms with E-state index in [1.54, 1.807) is 24.3 Å². The van der Waals surface area contributed by atoms with Crippen molar-refractivity contribution in [3.8, 4) is 0 Å². The molecule has 1 aliphatic rings. The minimum absolute atomic E-state index is 0.121. The van der Waals surface area contributed by atoms with Gasteiger partial charge in [0.25, 0.3) is 5.91 Å². The molecule has 0 heterocycles. The maximum Gasteiger partial charge on any atom is 0.255 e. The molecule has 0 bridgehead atoms. The molecule has 1 fully saturated rings. The Morgan fingerprint density at radius 3 is 2.60 bits per heavy atom. The van der Waals surface area contributed by atoms with Gasteiger partial charge < -0.3 is 5.32 Å². The molecule has 1 aliphatic carbocycles. The van der Waals surface area contributed by atoms with Crippen LogP contribution in [0.3, 0.4) is 0 Å². The number of amides is 1. The fourth-order valence-electron chi connectivity index (χ4n) is 2.40. The van der Waals surface area contributed by atoms with Crippen LogP contribution in [0.1, 0.15) is 35.7 Å². The summed E-state index contributed by atoms with van der Waals surface area (Å²) < 4.78 is 0. The first kappa shape index (κ1) is 13.2. The van der Waals surface area contributed by atoms with Gasteiger partial charge in [0, 0.05) is 16.3 Å². The van der Waals surface area contributed by atoms with Crippen molar-refractivity contribution in [2.75, 3.05) is 5.32 Å². The zero-order chi connectivity index (χ0) is 14.2. The van der Waals surface area contributed by atoms with Gasteiger partial charge in [-0.2, -0.15) is 0 Å². The van der Waals surface area contributed by atoms with E-state index in [1.807, 2.05) is 18.2 Å². The van der Waals surface area contributed by atoms with Gasteiger partial charge >= 0.3 is 0 Å². The molecule has 2 aromatic carbocycles. The second kappa shape index (κ2) is 4.95. The Balaban J connectivity index is 1.87. The van der Waals surface area contributed by atoms with Crippen molar-refractivity contribution < 1.29 is 4.79 Å². The largest absolute Gasteiger partial charge is 0.322 e. The summed E-state index contributed by atoms with van der Waals surface area (Å²) in [6, 6.07) is 15.0. The van der Waals surface area contributed by atoms with Crippen molar-refractivity contribution in [3.05, 3.63) is 64.7 Å². The maximum absolute atomic E-state index is 12.3. The molecular formula is C17H16ClNO. The smallest absolute Gasteiger partial charge is 0.255 e. The zero-order valence-electron chi connectivity index (χ0n) is 11.3. The van der Waals surface area contributed by atoms with Crippen molar-refractivity contribution in [1.82, 2.24) is 0 Å². The van der Waals surface area contributed by atoms with Crippen LogP contribution in [-0.2, 0) is 5.41 Å². The lowest BCUT2D eigenvalue weighted by molar-refractivity contribution is 0.102. The lowest BCUT2D eigenvalue weighted by Crippen LogP contribution is -2.15. The van der Waals surface area contributed by atoms with Crippen LogP contribution in [0.4, 0.5) is 5.69 Å². The number of para-hydroxylation sites is 1. The predicted octanol–water partition coefficient (Wildman–Crippen LogP) is 4.64. The summed E-state index contributed by atoms with van der Waals surface area (Å²) in [6.07, 6.45) is 2.36. The third-order valence-corrected chi connectivity index (χ3v) is 4.15. The number of nitrogens with one attached hydrogen (secondary N) is 1. The first-order valence-electron chi connectivity index (χ1n) is 6.75. The van der Waals surface area contributed by atoms with Crippen LogP contribution in [0.25, 0.3) is 0 Å². The number of hydrogen-bond donors (Lipinski definition) is 1. The minimum atomic E-state index is -0.121. The minimum Gasteiger partial charge on any atom is -0.322 e. The van der Waals surface area contributed by atoms with E-state index in [1.165, 1.54) is 18.4 Å². The predicted molar refractivity (Wildman–Crippen MR) is 82.4 cm³/mol. The molecule has 20 heavy (non-hydrogen) atoms. The van der Waals surface area contributed by atoms with Gasteiger partial charge in [0.2, 0.25) is 0 Å². The molecule has 2 aromatic rings. The average molecular weight is 286 g/mol. The lowest BCUT2D eigenvalue weighted by Gasteiger charge is -2.15. The molecule has 0 radical (unpaired) electrons. The lowest BCUT2D eigenvalue weighted by atomic mass is 9.96. The standard InChI is InChI=1S/C17H16ClNO/c1-17(9-10-17)14-7-2-3-8-15(14)19-16(20)12-5-4-6-13(18)11-12/h2-8,11H,9-10H2,1H3,(H,19,20). The molecule has 3 rings (SSSR count). The molecule has 3 heteroatoms. The van der Waals surface area contributed by atoms with Gasteiger partial charge in [0.05, 0.1) is 0 Å². The average Bonchev–Trinajstić information content (AvgIpc) is 3.18. The van der Waals surface area contributed by atoms with Crippen LogP contribution < -0.4 is 5.32 Å². The molecule has 1 N–H and O–H groups in total. The van der Waals surface area contributed by atoms with Crippen LogP contribution in [-0.4, -0.2) is 5.91 Å². The topological polar surface area (TPSA) is 29.1 Å². The molecule has 0 aliphatic heterocycles. The number of halogens is 1. The molecular weight excluding hydrogens is 270 g/mol. The van der Waals surface area contributed by atoms with Gasteiger partial charge in [0.1, 0.15) is 0 Å². The van der Waals surface area contributed by atoms with Gasteiger partial charge in [-0.05, 0) is 48.1 Å². The summed E-state index contributed by atoms with van der Waals surface area (Å²) in [5, 5.41) is 3.57. The highest BCUT2D eigenvalue weighted by atomic mass is 35.5. The first-order valence-corrected chi connectivity index (χ1v) is 7.13. The van der Waals surface area contributed by atoms with E-state index in [4.69, 9.17) is 11.6 Å². The zero-order valence-corrected chi connectivity index (χ0v) is 12.1. The normalized spacial score (nSPS) is 15.7. The van der Waals surface area contributed by atoms with E-state index in [0.29, 0.717) is 10.6 Å². The number of carbonyl (C=O) groups is 1. The Morgan fingerprint density at radius 2 is 1.90 bits per heavy atom. The monoisotopic (exact) mass is 285 g/mol. The molecule has 102 valence electrons. The Labute approximate surface area is 123 Å². The summed E-state index contributed by atoms with van der Waals surface area (Å²) in [6.45, 7) is 2.23. The number of benzene rings is 2. The van der Waals surface area contributed by atoms with Crippen LogP contribution >= 0.6 is 11.6 Å². The van der Waals surface area contributed by atoms with Gasteiger partial charge in [-0.1, -0.05) is 42.8 Å². The van der Waals surface area contributed by atoms with Gasteiger partial charge in [0.15, 0.2) is 0 Å². The highest BCUT2D eigenvalue weighted by Gasteiger charge is 2.40. The summed E-state index contributed by atoms with van der Waals surface area (Å²) in [4.78, 5) is 12.3. The van der Waals surface area contributed by atoms with Crippen LogP contribution in [0.15, 0.2) is 48.5 Å². The molecule has 0 unspecified atom stereocenters. The van der Waals surface area contributed by atoms with E-state index in [2.05, 4.69) is 18.3 Å². The molecule has 1 amide bonds. The number of carbonyl (C=O) groups excluding carboxylic acids is 1. The van der Waals surface area contributed by atoms with Gasteiger partial charge in [-0.25, -0.2) is 0 Å². The van der Waals surface area contributed by atoms with Crippen molar-refractivity contribution in [3.63, 3.8) is 0 Å². The van der Waals surface area contributed by atoms with E-state index in [9.17, 15) is 4.79 Å². The van der Waals surface area contributed by atoms with E-state index < -0.39 is 0 Å². The van der Waals surface area contributed by atoms with Crippen molar-refractivity contribution in [1.29, 1.82) is 0 Å². The van der Waals surface area contributed by atoms with Crippen LogP contribution in [0, 0.1) is 0 Å². The second-order valence-electron chi connectivity index (χ2n) is 5.57. The molecule has 0 aromatic heterocycles.